The highest BCUT2D eigenvalue weighted by Crippen LogP contribution is 2.23. The van der Waals surface area contributed by atoms with Crippen LogP contribution in [0.5, 0.6) is 0 Å². The minimum absolute atomic E-state index is 0.0185. The Morgan fingerprint density at radius 3 is 2.35 bits per heavy atom. The first kappa shape index (κ1) is 14.0. The largest absolute Gasteiger partial charge is 0.369 e. The number of nitrogens with one attached hydrogen (secondary N) is 1. The monoisotopic (exact) mass is 242 g/mol. The van der Waals surface area contributed by atoms with E-state index in [1.807, 2.05) is 13.8 Å². The zero-order valence-electron chi connectivity index (χ0n) is 10.6. The van der Waals surface area contributed by atoms with Gasteiger partial charge in [0, 0.05) is 12.0 Å². The van der Waals surface area contributed by atoms with E-state index in [1.165, 1.54) is 0 Å². The average Bonchev–Trinajstić information content (AvgIpc) is 2.27. The Balaban J connectivity index is 2.21. The molecule has 0 aromatic carbocycles. The summed E-state index contributed by atoms with van der Waals surface area (Å²) in [6.07, 6.45) is 3.24. The first-order chi connectivity index (χ1) is 7.99. The van der Waals surface area contributed by atoms with E-state index in [0.29, 0.717) is 0 Å². The first-order valence-corrected chi connectivity index (χ1v) is 6.19. The minimum Gasteiger partial charge on any atom is -0.369 e. The van der Waals surface area contributed by atoms with Crippen LogP contribution in [0.3, 0.4) is 0 Å². The fraction of sp³-hybridized carbons (Fsp3) is 0.833. The van der Waals surface area contributed by atoms with Gasteiger partial charge in [0.1, 0.15) is 6.61 Å². The van der Waals surface area contributed by atoms with Crippen LogP contribution in [-0.2, 0) is 14.3 Å². The molecule has 0 spiro atoms. The van der Waals surface area contributed by atoms with Crippen LogP contribution in [0.2, 0.25) is 0 Å². The van der Waals surface area contributed by atoms with Crippen LogP contribution in [0.1, 0.15) is 39.5 Å². The normalized spacial score (nSPS) is 24.6. The number of nitrogens with two attached hydrogens (primary N) is 1. The van der Waals surface area contributed by atoms with Gasteiger partial charge in [0.05, 0.1) is 6.10 Å². The summed E-state index contributed by atoms with van der Waals surface area (Å²) in [7, 11) is 0. The smallest absolute Gasteiger partial charge is 0.246 e. The number of carbonyl (C=O) groups is 2. The molecule has 17 heavy (non-hydrogen) atoms. The van der Waals surface area contributed by atoms with Crippen LogP contribution in [0.4, 0.5) is 0 Å². The van der Waals surface area contributed by atoms with Gasteiger partial charge < -0.3 is 15.8 Å². The molecule has 1 aliphatic rings. The van der Waals surface area contributed by atoms with E-state index in [-0.39, 0.29) is 36.5 Å². The molecular formula is C12H22N2O3. The van der Waals surface area contributed by atoms with Crippen molar-refractivity contribution in [3.8, 4) is 0 Å². The van der Waals surface area contributed by atoms with Crippen molar-refractivity contribution in [3.05, 3.63) is 0 Å². The lowest BCUT2D eigenvalue weighted by molar-refractivity contribution is -0.128. The van der Waals surface area contributed by atoms with Gasteiger partial charge in [0.15, 0.2) is 0 Å². The van der Waals surface area contributed by atoms with E-state index in [9.17, 15) is 9.59 Å². The van der Waals surface area contributed by atoms with Gasteiger partial charge >= 0.3 is 0 Å². The number of carbonyl (C=O) groups excluding carboxylic acids is 2. The second kappa shape index (κ2) is 6.59. The maximum Gasteiger partial charge on any atom is 0.246 e. The highest BCUT2D eigenvalue weighted by Gasteiger charge is 2.25. The van der Waals surface area contributed by atoms with E-state index in [0.717, 1.165) is 25.7 Å². The van der Waals surface area contributed by atoms with Gasteiger partial charge in [-0.3, -0.25) is 9.59 Å². The second-order valence-corrected chi connectivity index (χ2v) is 4.88. The van der Waals surface area contributed by atoms with Crippen LogP contribution < -0.4 is 11.1 Å². The second-order valence-electron chi connectivity index (χ2n) is 4.88. The van der Waals surface area contributed by atoms with Gasteiger partial charge in [0.2, 0.25) is 11.8 Å². The van der Waals surface area contributed by atoms with E-state index in [4.69, 9.17) is 10.5 Å². The van der Waals surface area contributed by atoms with Gasteiger partial charge in [-0.15, -0.1) is 0 Å². The Kier molecular flexibility index (Phi) is 5.41. The summed E-state index contributed by atoms with van der Waals surface area (Å²) in [6, 6.07) is 0.161. The maximum atomic E-state index is 11.5. The molecule has 0 saturated heterocycles. The van der Waals surface area contributed by atoms with Crippen molar-refractivity contribution in [3.63, 3.8) is 0 Å². The quantitative estimate of drug-likeness (QED) is 0.739. The van der Waals surface area contributed by atoms with Crippen molar-refractivity contribution in [2.24, 2.45) is 11.7 Å². The molecule has 0 radical (unpaired) electrons. The lowest BCUT2D eigenvalue weighted by atomic mass is 9.85. The van der Waals surface area contributed by atoms with Crippen LogP contribution >= 0.6 is 0 Å². The van der Waals surface area contributed by atoms with Crippen molar-refractivity contribution in [1.29, 1.82) is 0 Å². The van der Waals surface area contributed by atoms with Crippen molar-refractivity contribution < 1.29 is 14.3 Å². The minimum atomic E-state index is -0.224. The topological polar surface area (TPSA) is 81.4 Å². The van der Waals surface area contributed by atoms with Crippen LogP contribution in [0, 0.1) is 5.92 Å². The summed E-state index contributed by atoms with van der Waals surface area (Å²) >= 11 is 0. The molecule has 1 saturated carbocycles. The predicted octanol–water partition coefficient (Wildman–Crippen LogP) is 0.572. The van der Waals surface area contributed by atoms with Gasteiger partial charge in [-0.25, -0.2) is 0 Å². The average molecular weight is 242 g/mol. The zero-order valence-corrected chi connectivity index (χ0v) is 10.6. The Morgan fingerprint density at radius 2 is 1.88 bits per heavy atom. The molecule has 0 unspecified atom stereocenters. The molecule has 0 aliphatic heterocycles. The fourth-order valence-electron chi connectivity index (χ4n) is 2.03. The van der Waals surface area contributed by atoms with E-state index in [1.54, 1.807) is 0 Å². The summed E-state index contributed by atoms with van der Waals surface area (Å²) in [5, 5.41) is 2.92. The molecule has 5 nitrogen and oxygen atoms in total. The van der Waals surface area contributed by atoms with Crippen molar-refractivity contribution in [2.75, 3.05) is 6.61 Å². The zero-order chi connectivity index (χ0) is 12.8. The van der Waals surface area contributed by atoms with Gasteiger partial charge in [-0.05, 0) is 39.5 Å². The summed E-state index contributed by atoms with van der Waals surface area (Å²) in [6.45, 7) is 3.89. The Morgan fingerprint density at radius 1 is 1.29 bits per heavy atom. The van der Waals surface area contributed by atoms with E-state index < -0.39 is 0 Å². The van der Waals surface area contributed by atoms with E-state index in [2.05, 4.69) is 5.32 Å². The summed E-state index contributed by atoms with van der Waals surface area (Å²) in [4.78, 5) is 22.5. The Bertz CT molecular complexity index is 271. The number of hydrogen-bond donors (Lipinski definition) is 2. The third-order valence-electron chi connectivity index (χ3n) is 3.04. The highest BCUT2D eigenvalue weighted by molar-refractivity contribution is 5.78. The molecule has 3 N–H and O–H groups in total. The molecule has 2 amide bonds. The van der Waals surface area contributed by atoms with E-state index >= 15 is 0 Å². The number of hydrogen-bond acceptors (Lipinski definition) is 3. The van der Waals surface area contributed by atoms with Crippen LogP contribution in [-0.4, -0.2) is 30.6 Å². The number of ether oxygens (including phenoxy) is 1. The molecule has 1 aliphatic carbocycles. The van der Waals surface area contributed by atoms with Crippen molar-refractivity contribution in [2.45, 2.75) is 51.7 Å². The summed E-state index contributed by atoms with van der Waals surface area (Å²) in [5.74, 6) is -0.325. The number of rotatable bonds is 5. The molecule has 0 aromatic rings. The predicted molar refractivity (Wildman–Crippen MR) is 64.2 cm³/mol. The number of amides is 2. The summed E-state index contributed by atoms with van der Waals surface area (Å²) in [5.41, 5.74) is 5.25. The molecule has 1 rings (SSSR count). The molecule has 0 bridgehead atoms. The van der Waals surface area contributed by atoms with Gasteiger partial charge in [-0.2, -0.15) is 0 Å². The molecule has 0 aromatic heterocycles. The molecule has 0 heterocycles. The fourth-order valence-corrected chi connectivity index (χ4v) is 2.03. The molecule has 5 heteroatoms. The molecule has 0 atom stereocenters. The molecule has 1 fully saturated rings. The highest BCUT2D eigenvalue weighted by atomic mass is 16.5. The lowest BCUT2D eigenvalue weighted by Crippen LogP contribution is -2.41. The molecular weight excluding hydrogens is 220 g/mol. The third kappa shape index (κ3) is 5.17. The maximum absolute atomic E-state index is 11.5. The molecule has 98 valence electrons. The van der Waals surface area contributed by atoms with Crippen LogP contribution in [0.15, 0.2) is 0 Å². The summed E-state index contributed by atoms with van der Waals surface area (Å²) < 4.78 is 5.22. The Labute approximate surface area is 102 Å². The Hall–Kier alpha value is -1.10. The third-order valence-corrected chi connectivity index (χ3v) is 3.04. The van der Waals surface area contributed by atoms with Crippen molar-refractivity contribution >= 4 is 11.8 Å². The SMILES string of the molecule is CC(C)OCC(=O)NC1CCC(C(N)=O)CC1. The number of primary amides is 1. The van der Waals surface area contributed by atoms with Crippen LogP contribution in [0.25, 0.3) is 0 Å². The van der Waals surface area contributed by atoms with Gasteiger partial charge in [-0.1, -0.05) is 0 Å². The first-order valence-electron chi connectivity index (χ1n) is 6.19. The lowest BCUT2D eigenvalue weighted by Gasteiger charge is -2.27. The standard InChI is InChI=1S/C12H22N2O3/c1-8(2)17-7-11(15)14-10-5-3-9(4-6-10)12(13)16/h8-10H,3-7H2,1-2H3,(H2,13,16)(H,14,15). The van der Waals surface area contributed by atoms with Gasteiger partial charge in [0.25, 0.3) is 0 Å². The van der Waals surface area contributed by atoms with Crippen molar-refractivity contribution in [1.82, 2.24) is 5.32 Å².